The molecule has 0 saturated carbocycles. The van der Waals surface area contributed by atoms with Crippen LogP contribution in [0.2, 0.25) is 0 Å². The first-order chi connectivity index (χ1) is 10.5. The molecule has 1 aromatic carbocycles. The van der Waals surface area contributed by atoms with Gasteiger partial charge in [0.1, 0.15) is 5.54 Å². The average molecular weight is 295 g/mol. The number of rotatable bonds is 2. The molecule has 1 saturated heterocycles. The number of likely N-dealkylation sites (tertiary alicyclic amines) is 1. The number of carbonyl (C=O) groups excluding carboxylic acids is 1. The molecule has 1 unspecified atom stereocenters. The van der Waals surface area contributed by atoms with Crippen LogP contribution in [0.4, 0.5) is 0 Å². The van der Waals surface area contributed by atoms with Crippen molar-refractivity contribution in [1.29, 1.82) is 0 Å². The lowest BCUT2D eigenvalue weighted by atomic mass is 9.96. The molecule has 1 aromatic heterocycles. The number of hydrogen-bond donors (Lipinski definition) is 0. The molecule has 4 nitrogen and oxygen atoms in total. The summed E-state index contributed by atoms with van der Waals surface area (Å²) in [5.41, 5.74) is 2.19. The normalized spacial score (nSPS) is 21.1. The van der Waals surface area contributed by atoms with Gasteiger partial charge in [0.2, 0.25) is 0 Å². The first kappa shape index (κ1) is 14.7. The Balaban J connectivity index is 2.00. The number of carbonyl (C=O) groups is 1. The number of benzene rings is 1. The van der Waals surface area contributed by atoms with Crippen molar-refractivity contribution in [1.82, 2.24) is 14.9 Å². The molecule has 2 heterocycles. The van der Waals surface area contributed by atoms with E-state index in [-0.39, 0.29) is 5.91 Å². The predicted molar refractivity (Wildman–Crippen MR) is 85.6 cm³/mol. The molecule has 1 aliphatic rings. The van der Waals surface area contributed by atoms with Gasteiger partial charge in [-0.2, -0.15) is 0 Å². The molecule has 0 aliphatic carbocycles. The Hall–Kier alpha value is -2.23. The van der Waals surface area contributed by atoms with Gasteiger partial charge in [0.05, 0.1) is 0 Å². The predicted octanol–water partition coefficient (Wildman–Crippen LogP) is 3.24. The molecule has 1 fully saturated rings. The van der Waals surface area contributed by atoms with Gasteiger partial charge in [0.15, 0.2) is 5.82 Å². The van der Waals surface area contributed by atoms with Crippen LogP contribution in [-0.2, 0) is 5.54 Å². The molecule has 2 aromatic rings. The van der Waals surface area contributed by atoms with E-state index in [9.17, 15) is 4.79 Å². The molecule has 1 amide bonds. The second kappa shape index (κ2) is 5.52. The highest BCUT2D eigenvalue weighted by Crippen LogP contribution is 2.37. The lowest BCUT2D eigenvalue weighted by Crippen LogP contribution is -2.44. The summed E-state index contributed by atoms with van der Waals surface area (Å²) in [5, 5.41) is 0. The molecule has 114 valence electrons. The van der Waals surface area contributed by atoms with Crippen molar-refractivity contribution in [2.24, 2.45) is 0 Å². The maximum absolute atomic E-state index is 12.9. The van der Waals surface area contributed by atoms with Crippen molar-refractivity contribution >= 4 is 5.91 Å². The van der Waals surface area contributed by atoms with Crippen LogP contribution < -0.4 is 0 Å². The van der Waals surface area contributed by atoms with E-state index in [1.165, 1.54) is 0 Å². The van der Waals surface area contributed by atoms with Gasteiger partial charge in [-0.05, 0) is 51.8 Å². The summed E-state index contributed by atoms with van der Waals surface area (Å²) < 4.78 is 0. The fourth-order valence-electron chi connectivity index (χ4n) is 3.22. The lowest BCUT2D eigenvalue weighted by Gasteiger charge is -2.34. The Bertz CT molecular complexity index is 678. The van der Waals surface area contributed by atoms with E-state index < -0.39 is 5.54 Å². The summed E-state index contributed by atoms with van der Waals surface area (Å²) in [5.74, 6) is 0.815. The SMILES string of the molecule is Cc1cc(C)nc(C2(C)CCCN2C(=O)c2ccccc2)n1. The van der Waals surface area contributed by atoms with Gasteiger partial charge >= 0.3 is 0 Å². The highest BCUT2D eigenvalue weighted by molar-refractivity contribution is 5.94. The van der Waals surface area contributed by atoms with E-state index in [4.69, 9.17) is 0 Å². The molecular formula is C18H21N3O. The van der Waals surface area contributed by atoms with Crippen LogP contribution >= 0.6 is 0 Å². The molecule has 1 atom stereocenters. The number of amides is 1. The minimum Gasteiger partial charge on any atom is -0.326 e. The number of aromatic nitrogens is 2. The molecular weight excluding hydrogens is 274 g/mol. The Morgan fingerprint density at radius 1 is 1.14 bits per heavy atom. The van der Waals surface area contributed by atoms with Gasteiger partial charge in [-0.3, -0.25) is 4.79 Å². The first-order valence-electron chi connectivity index (χ1n) is 7.70. The van der Waals surface area contributed by atoms with Crippen LogP contribution in [0.15, 0.2) is 36.4 Å². The quantitative estimate of drug-likeness (QED) is 0.854. The van der Waals surface area contributed by atoms with Crippen molar-refractivity contribution in [3.63, 3.8) is 0 Å². The fourth-order valence-corrected chi connectivity index (χ4v) is 3.22. The van der Waals surface area contributed by atoms with Crippen molar-refractivity contribution in [2.45, 2.75) is 39.2 Å². The van der Waals surface area contributed by atoms with Crippen LogP contribution in [0.25, 0.3) is 0 Å². The van der Waals surface area contributed by atoms with Crippen LogP contribution in [0.5, 0.6) is 0 Å². The number of hydrogen-bond acceptors (Lipinski definition) is 3. The standard InChI is InChI=1S/C18H21N3O/c1-13-12-14(2)20-17(19-13)18(3)10-7-11-21(18)16(22)15-8-5-4-6-9-15/h4-6,8-9,12H,7,10-11H2,1-3H3. The Kier molecular flexibility index (Phi) is 3.69. The number of nitrogens with zero attached hydrogens (tertiary/aromatic N) is 3. The third-order valence-corrected chi connectivity index (χ3v) is 4.37. The Morgan fingerprint density at radius 3 is 2.41 bits per heavy atom. The largest absolute Gasteiger partial charge is 0.326 e. The van der Waals surface area contributed by atoms with Crippen LogP contribution in [0, 0.1) is 13.8 Å². The highest BCUT2D eigenvalue weighted by atomic mass is 16.2. The maximum Gasteiger partial charge on any atom is 0.254 e. The van der Waals surface area contributed by atoms with Crippen LogP contribution in [0.3, 0.4) is 0 Å². The highest BCUT2D eigenvalue weighted by Gasteiger charge is 2.43. The van der Waals surface area contributed by atoms with Gasteiger partial charge in [0.25, 0.3) is 5.91 Å². The molecule has 0 bridgehead atoms. The fraction of sp³-hybridized carbons (Fsp3) is 0.389. The first-order valence-corrected chi connectivity index (χ1v) is 7.70. The monoisotopic (exact) mass is 295 g/mol. The average Bonchev–Trinajstić information content (AvgIpc) is 2.90. The molecule has 22 heavy (non-hydrogen) atoms. The third kappa shape index (κ3) is 2.49. The van der Waals surface area contributed by atoms with E-state index in [1.54, 1.807) is 0 Å². The second-order valence-electron chi connectivity index (χ2n) is 6.17. The van der Waals surface area contributed by atoms with Gasteiger partial charge < -0.3 is 4.90 Å². The van der Waals surface area contributed by atoms with E-state index in [0.717, 1.165) is 42.2 Å². The number of aryl methyl sites for hydroxylation is 2. The Morgan fingerprint density at radius 2 is 1.77 bits per heavy atom. The van der Waals surface area contributed by atoms with Crippen molar-refractivity contribution in [3.8, 4) is 0 Å². The lowest BCUT2D eigenvalue weighted by molar-refractivity contribution is 0.0603. The van der Waals surface area contributed by atoms with Crippen molar-refractivity contribution in [2.75, 3.05) is 6.54 Å². The second-order valence-corrected chi connectivity index (χ2v) is 6.17. The molecule has 4 heteroatoms. The summed E-state index contributed by atoms with van der Waals surface area (Å²) in [6, 6.07) is 11.4. The summed E-state index contributed by atoms with van der Waals surface area (Å²) in [6.07, 6.45) is 1.87. The molecule has 0 radical (unpaired) electrons. The molecule has 0 N–H and O–H groups in total. The van der Waals surface area contributed by atoms with Crippen molar-refractivity contribution in [3.05, 3.63) is 59.2 Å². The van der Waals surface area contributed by atoms with Gasteiger partial charge in [-0.1, -0.05) is 18.2 Å². The summed E-state index contributed by atoms with van der Waals surface area (Å²) in [4.78, 5) is 24.0. The van der Waals surface area contributed by atoms with E-state index in [1.807, 2.05) is 55.1 Å². The molecule has 3 rings (SSSR count). The minimum atomic E-state index is -0.427. The zero-order valence-electron chi connectivity index (χ0n) is 13.3. The van der Waals surface area contributed by atoms with E-state index in [0.29, 0.717) is 0 Å². The van der Waals surface area contributed by atoms with Crippen LogP contribution in [-0.4, -0.2) is 27.3 Å². The topological polar surface area (TPSA) is 46.1 Å². The van der Waals surface area contributed by atoms with Crippen LogP contribution in [0.1, 0.15) is 47.3 Å². The van der Waals surface area contributed by atoms with E-state index in [2.05, 4.69) is 16.9 Å². The van der Waals surface area contributed by atoms with Crippen molar-refractivity contribution < 1.29 is 4.79 Å². The smallest absolute Gasteiger partial charge is 0.254 e. The zero-order valence-corrected chi connectivity index (χ0v) is 13.3. The molecule has 0 spiro atoms. The Labute approximate surface area is 131 Å². The third-order valence-electron chi connectivity index (χ3n) is 4.37. The van der Waals surface area contributed by atoms with E-state index >= 15 is 0 Å². The zero-order chi connectivity index (χ0) is 15.7. The minimum absolute atomic E-state index is 0.0587. The summed E-state index contributed by atoms with van der Waals surface area (Å²) in [7, 11) is 0. The summed E-state index contributed by atoms with van der Waals surface area (Å²) in [6.45, 7) is 6.77. The van der Waals surface area contributed by atoms with Gasteiger partial charge in [-0.15, -0.1) is 0 Å². The molecule has 1 aliphatic heterocycles. The maximum atomic E-state index is 12.9. The summed E-state index contributed by atoms with van der Waals surface area (Å²) >= 11 is 0. The van der Waals surface area contributed by atoms with Gasteiger partial charge in [-0.25, -0.2) is 9.97 Å². The van der Waals surface area contributed by atoms with Gasteiger partial charge in [0, 0.05) is 23.5 Å².